The molecule has 0 aliphatic carbocycles. The fourth-order valence-electron chi connectivity index (χ4n) is 2.95. The Morgan fingerprint density at radius 2 is 1.81 bits per heavy atom. The Hall–Kier alpha value is -2.06. The SMILES string of the molecule is CC(C)n1cnn(CN2CCN(S(=O)(=O)c3ccc(C#N)cc3)CC2)c1=S. The number of piperazine rings is 1. The van der Waals surface area contributed by atoms with Crippen molar-refractivity contribution < 1.29 is 8.42 Å². The Bertz CT molecular complexity index is 993. The van der Waals surface area contributed by atoms with E-state index >= 15 is 0 Å². The Labute approximate surface area is 164 Å². The molecule has 1 aliphatic heterocycles. The van der Waals surface area contributed by atoms with E-state index in [-0.39, 0.29) is 10.9 Å². The van der Waals surface area contributed by atoms with Crippen LogP contribution in [0, 0.1) is 16.1 Å². The summed E-state index contributed by atoms with van der Waals surface area (Å²) >= 11 is 5.44. The van der Waals surface area contributed by atoms with Gasteiger partial charge in [0, 0.05) is 32.2 Å². The average molecular weight is 407 g/mol. The molecule has 2 aromatic rings. The summed E-state index contributed by atoms with van der Waals surface area (Å²) in [5, 5.41) is 13.2. The van der Waals surface area contributed by atoms with Gasteiger partial charge in [-0.2, -0.15) is 14.7 Å². The molecule has 0 bridgehead atoms. The molecule has 27 heavy (non-hydrogen) atoms. The third kappa shape index (κ3) is 4.11. The lowest BCUT2D eigenvalue weighted by atomic mass is 10.2. The Morgan fingerprint density at radius 3 is 2.33 bits per heavy atom. The standard InChI is InChI=1S/C17H22N6O2S2/c1-14(2)22-12-19-23(17(22)26)13-20-7-9-21(10-8-20)27(24,25)16-5-3-15(11-18)4-6-16/h3-6,12,14H,7-10,13H2,1-2H3. The zero-order valence-corrected chi connectivity index (χ0v) is 16.9. The molecule has 8 nitrogen and oxygen atoms in total. The van der Waals surface area contributed by atoms with Gasteiger partial charge in [0.25, 0.3) is 0 Å². The quantitative estimate of drug-likeness (QED) is 0.704. The van der Waals surface area contributed by atoms with Crippen molar-refractivity contribution in [3.8, 4) is 6.07 Å². The molecule has 0 unspecified atom stereocenters. The summed E-state index contributed by atoms with van der Waals surface area (Å²) in [6, 6.07) is 8.26. The van der Waals surface area contributed by atoms with Crippen LogP contribution in [0.15, 0.2) is 35.5 Å². The van der Waals surface area contributed by atoms with E-state index in [0.29, 0.717) is 43.2 Å². The highest BCUT2D eigenvalue weighted by Crippen LogP contribution is 2.18. The number of hydrogen-bond donors (Lipinski definition) is 0. The first-order chi connectivity index (χ1) is 12.8. The largest absolute Gasteiger partial charge is 0.304 e. The van der Waals surface area contributed by atoms with Crippen LogP contribution in [0.4, 0.5) is 0 Å². The number of benzene rings is 1. The third-order valence-electron chi connectivity index (χ3n) is 4.60. The second-order valence-electron chi connectivity index (χ2n) is 6.71. The van der Waals surface area contributed by atoms with Crippen molar-refractivity contribution in [2.45, 2.75) is 31.5 Å². The zero-order valence-electron chi connectivity index (χ0n) is 15.3. The van der Waals surface area contributed by atoms with Gasteiger partial charge < -0.3 is 4.57 Å². The van der Waals surface area contributed by atoms with Crippen LogP contribution in [-0.4, -0.2) is 58.1 Å². The van der Waals surface area contributed by atoms with E-state index in [1.807, 2.05) is 10.6 Å². The minimum Gasteiger partial charge on any atom is -0.304 e. The lowest BCUT2D eigenvalue weighted by Gasteiger charge is -2.33. The smallest absolute Gasteiger partial charge is 0.243 e. The monoisotopic (exact) mass is 406 g/mol. The molecule has 1 aliphatic rings. The first-order valence-corrected chi connectivity index (χ1v) is 10.5. The number of nitrogens with zero attached hydrogens (tertiary/aromatic N) is 6. The third-order valence-corrected chi connectivity index (χ3v) is 6.93. The molecule has 1 fully saturated rings. The van der Waals surface area contributed by atoms with Gasteiger partial charge in [-0.3, -0.25) is 4.90 Å². The van der Waals surface area contributed by atoms with Crippen LogP contribution in [0.3, 0.4) is 0 Å². The predicted molar refractivity (Wildman–Crippen MR) is 103 cm³/mol. The molecule has 0 N–H and O–H groups in total. The van der Waals surface area contributed by atoms with Crippen LogP contribution < -0.4 is 0 Å². The van der Waals surface area contributed by atoms with Crippen molar-refractivity contribution >= 4 is 22.2 Å². The number of sulfonamides is 1. The van der Waals surface area contributed by atoms with E-state index < -0.39 is 10.0 Å². The van der Waals surface area contributed by atoms with E-state index in [1.165, 1.54) is 28.6 Å². The first-order valence-electron chi connectivity index (χ1n) is 8.69. The lowest BCUT2D eigenvalue weighted by Crippen LogP contribution is -2.48. The van der Waals surface area contributed by atoms with Crippen LogP contribution in [0.1, 0.15) is 25.5 Å². The summed E-state index contributed by atoms with van der Waals surface area (Å²) in [6.45, 7) is 6.66. The summed E-state index contributed by atoms with van der Waals surface area (Å²) in [5.41, 5.74) is 0.441. The second-order valence-corrected chi connectivity index (χ2v) is 9.02. The molecule has 0 saturated carbocycles. The normalized spacial score (nSPS) is 16.5. The van der Waals surface area contributed by atoms with Gasteiger partial charge >= 0.3 is 0 Å². The summed E-state index contributed by atoms with van der Waals surface area (Å²) < 4.78 is 31.4. The highest BCUT2D eigenvalue weighted by atomic mass is 32.2. The molecular weight excluding hydrogens is 384 g/mol. The van der Waals surface area contributed by atoms with Crippen molar-refractivity contribution in [1.82, 2.24) is 23.6 Å². The Kier molecular flexibility index (Phi) is 5.76. The van der Waals surface area contributed by atoms with E-state index in [1.54, 1.807) is 11.0 Å². The molecule has 0 amide bonds. The van der Waals surface area contributed by atoms with Crippen LogP contribution in [0.5, 0.6) is 0 Å². The fourth-order valence-corrected chi connectivity index (χ4v) is 4.74. The molecule has 2 heterocycles. The summed E-state index contributed by atoms with van der Waals surface area (Å²) in [6.07, 6.45) is 1.73. The number of rotatable bonds is 5. The summed E-state index contributed by atoms with van der Waals surface area (Å²) in [4.78, 5) is 2.35. The number of nitriles is 1. The van der Waals surface area contributed by atoms with E-state index in [2.05, 4.69) is 23.8 Å². The van der Waals surface area contributed by atoms with Crippen molar-refractivity contribution in [1.29, 1.82) is 5.26 Å². The van der Waals surface area contributed by atoms with Gasteiger partial charge in [0.1, 0.15) is 6.33 Å². The molecule has 10 heteroatoms. The van der Waals surface area contributed by atoms with E-state index in [0.717, 1.165) is 0 Å². The molecule has 1 saturated heterocycles. The minimum atomic E-state index is -3.55. The maximum atomic E-state index is 12.8. The first kappa shape index (κ1) is 19.7. The van der Waals surface area contributed by atoms with Crippen molar-refractivity contribution in [2.24, 2.45) is 0 Å². The highest BCUT2D eigenvalue weighted by Gasteiger charge is 2.28. The number of hydrogen-bond acceptors (Lipinski definition) is 6. The molecule has 0 spiro atoms. The lowest BCUT2D eigenvalue weighted by molar-refractivity contribution is 0.144. The predicted octanol–water partition coefficient (Wildman–Crippen LogP) is 1.83. The van der Waals surface area contributed by atoms with Gasteiger partial charge in [0.2, 0.25) is 10.0 Å². The molecule has 3 rings (SSSR count). The van der Waals surface area contributed by atoms with Crippen LogP contribution in [0.2, 0.25) is 0 Å². The van der Waals surface area contributed by atoms with Gasteiger partial charge in [-0.25, -0.2) is 13.1 Å². The van der Waals surface area contributed by atoms with E-state index in [9.17, 15) is 8.42 Å². The molecule has 144 valence electrons. The van der Waals surface area contributed by atoms with Crippen molar-refractivity contribution in [3.63, 3.8) is 0 Å². The fraction of sp³-hybridized carbons (Fsp3) is 0.471. The molecule has 0 atom stereocenters. The van der Waals surface area contributed by atoms with Gasteiger partial charge in [-0.1, -0.05) is 0 Å². The average Bonchev–Trinajstić information content (AvgIpc) is 3.03. The number of aromatic nitrogens is 3. The maximum Gasteiger partial charge on any atom is 0.243 e. The van der Waals surface area contributed by atoms with Gasteiger partial charge in [-0.05, 0) is 50.3 Å². The maximum absolute atomic E-state index is 12.8. The van der Waals surface area contributed by atoms with Crippen LogP contribution >= 0.6 is 12.2 Å². The van der Waals surface area contributed by atoms with Crippen LogP contribution in [0.25, 0.3) is 0 Å². The highest BCUT2D eigenvalue weighted by molar-refractivity contribution is 7.89. The van der Waals surface area contributed by atoms with Crippen molar-refractivity contribution in [3.05, 3.63) is 40.9 Å². The topological polar surface area (TPSA) is 87.2 Å². The molecule has 1 aromatic heterocycles. The van der Waals surface area contributed by atoms with Crippen molar-refractivity contribution in [2.75, 3.05) is 26.2 Å². The Balaban J connectivity index is 1.64. The molecular formula is C17H22N6O2S2. The summed E-state index contributed by atoms with van der Waals surface area (Å²) in [5.74, 6) is 0. The minimum absolute atomic E-state index is 0.216. The second kappa shape index (κ2) is 7.90. The zero-order chi connectivity index (χ0) is 19.6. The van der Waals surface area contributed by atoms with E-state index in [4.69, 9.17) is 17.5 Å². The molecule has 0 radical (unpaired) electrons. The van der Waals surface area contributed by atoms with Crippen LogP contribution in [-0.2, 0) is 16.7 Å². The van der Waals surface area contributed by atoms with Gasteiger partial charge in [0.05, 0.1) is 23.2 Å². The molecule has 1 aromatic carbocycles. The van der Waals surface area contributed by atoms with Gasteiger partial charge in [0.15, 0.2) is 4.77 Å². The summed E-state index contributed by atoms with van der Waals surface area (Å²) in [7, 11) is -3.55. The van der Waals surface area contributed by atoms with Gasteiger partial charge in [-0.15, -0.1) is 0 Å². The Morgan fingerprint density at radius 1 is 1.19 bits per heavy atom.